The molecule has 0 radical (unpaired) electrons. The molecule has 2 saturated carbocycles. The molecule has 2 aliphatic carbocycles. The van der Waals surface area contributed by atoms with Gasteiger partial charge in [-0.25, -0.2) is 4.99 Å². The third-order valence-electron chi connectivity index (χ3n) is 5.28. The van der Waals surface area contributed by atoms with E-state index in [0.717, 1.165) is 56.1 Å². The lowest BCUT2D eigenvalue weighted by Crippen LogP contribution is -2.47. The van der Waals surface area contributed by atoms with Crippen LogP contribution < -0.4 is 16.0 Å². The molecule has 1 amide bonds. The van der Waals surface area contributed by atoms with Crippen LogP contribution in [-0.2, 0) is 18.4 Å². The second-order valence-corrected chi connectivity index (χ2v) is 7.54. The summed E-state index contributed by atoms with van der Waals surface area (Å²) in [5.41, 5.74) is 0. The SMILES string of the molecule is C=CCNC(=NCc1nnc(C)n1C)NC1CCCC(C(=O)NC2CC2)C1. The Hall–Kier alpha value is -2.38. The molecule has 3 N–H and O–H groups in total. The summed E-state index contributed by atoms with van der Waals surface area (Å²) in [6.07, 6.45) is 7.98. The highest BCUT2D eigenvalue weighted by molar-refractivity contribution is 5.81. The molecule has 0 spiro atoms. The summed E-state index contributed by atoms with van der Waals surface area (Å²) < 4.78 is 1.94. The molecule has 1 aromatic heterocycles. The summed E-state index contributed by atoms with van der Waals surface area (Å²) in [6, 6.07) is 0.665. The number of aliphatic imine (C=N–C) groups is 1. The number of guanidine groups is 1. The van der Waals surface area contributed by atoms with E-state index < -0.39 is 0 Å². The Bertz CT molecular complexity index is 692. The van der Waals surface area contributed by atoms with E-state index in [2.05, 4.69) is 37.7 Å². The number of rotatable bonds is 7. The number of carbonyl (C=O) groups is 1. The highest BCUT2D eigenvalue weighted by atomic mass is 16.2. The van der Waals surface area contributed by atoms with Crippen molar-refractivity contribution in [1.29, 1.82) is 0 Å². The summed E-state index contributed by atoms with van der Waals surface area (Å²) >= 11 is 0. The molecule has 27 heavy (non-hydrogen) atoms. The number of nitrogens with one attached hydrogen (secondary N) is 3. The van der Waals surface area contributed by atoms with Crippen LogP contribution in [0, 0.1) is 12.8 Å². The zero-order valence-corrected chi connectivity index (χ0v) is 16.4. The van der Waals surface area contributed by atoms with Crippen LogP contribution in [0.3, 0.4) is 0 Å². The summed E-state index contributed by atoms with van der Waals surface area (Å²) in [5.74, 6) is 2.72. The molecular formula is C19H31N7O. The van der Waals surface area contributed by atoms with Crippen LogP contribution >= 0.6 is 0 Å². The molecule has 8 nitrogen and oxygen atoms in total. The Morgan fingerprint density at radius 3 is 2.74 bits per heavy atom. The molecule has 0 aliphatic heterocycles. The smallest absolute Gasteiger partial charge is 0.223 e. The Morgan fingerprint density at radius 1 is 1.26 bits per heavy atom. The van der Waals surface area contributed by atoms with Crippen molar-refractivity contribution in [2.75, 3.05) is 6.54 Å². The van der Waals surface area contributed by atoms with Gasteiger partial charge >= 0.3 is 0 Å². The van der Waals surface area contributed by atoms with Gasteiger partial charge in [-0.3, -0.25) is 4.79 Å². The van der Waals surface area contributed by atoms with Gasteiger partial charge in [0, 0.05) is 31.6 Å². The second-order valence-electron chi connectivity index (χ2n) is 7.54. The summed E-state index contributed by atoms with van der Waals surface area (Å²) in [4.78, 5) is 17.0. The van der Waals surface area contributed by atoms with Crippen LogP contribution in [0.2, 0.25) is 0 Å². The van der Waals surface area contributed by atoms with Crippen LogP contribution in [0.4, 0.5) is 0 Å². The molecule has 1 heterocycles. The van der Waals surface area contributed by atoms with Crippen molar-refractivity contribution < 1.29 is 4.79 Å². The number of carbonyl (C=O) groups excluding carboxylic acids is 1. The number of nitrogens with zero attached hydrogens (tertiary/aromatic N) is 4. The van der Waals surface area contributed by atoms with Crippen molar-refractivity contribution in [3.8, 4) is 0 Å². The Morgan fingerprint density at radius 2 is 2.07 bits per heavy atom. The van der Waals surface area contributed by atoms with Gasteiger partial charge in [-0.15, -0.1) is 16.8 Å². The van der Waals surface area contributed by atoms with E-state index >= 15 is 0 Å². The first-order valence-corrected chi connectivity index (χ1v) is 9.87. The molecule has 0 saturated heterocycles. The van der Waals surface area contributed by atoms with E-state index in [-0.39, 0.29) is 17.9 Å². The largest absolute Gasteiger partial charge is 0.354 e. The van der Waals surface area contributed by atoms with Gasteiger partial charge in [-0.2, -0.15) is 0 Å². The summed E-state index contributed by atoms with van der Waals surface area (Å²) in [7, 11) is 1.94. The van der Waals surface area contributed by atoms with E-state index in [1.807, 2.05) is 18.5 Å². The maximum atomic E-state index is 12.4. The normalized spacial score (nSPS) is 23.0. The molecule has 1 aromatic rings. The van der Waals surface area contributed by atoms with Crippen LogP contribution in [0.5, 0.6) is 0 Å². The maximum Gasteiger partial charge on any atom is 0.223 e. The van der Waals surface area contributed by atoms with Crippen LogP contribution in [0.1, 0.15) is 50.2 Å². The van der Waals surface area contributed by atoms with Gasteiger partial charge in [0.25, 0.3) is 0 Å². The van der Waals surface area contributed by atoms with Gasteiger partial charge in [0.2, 0.25) is 5.91 Å². The molecule has 2 fully saturated rings. The van der Waals surface area contributed by atoms with Crippen molar-refractivity contribution in [2.45, 2.75) is 64.1 Å². The lowest BCUT2D eigenvalue weighted by atomic mass is 9.85. The number of hydrogen-bond acceptors (Lipinski definition) is 4. The maximum absolute atomic E-state index is 12.4. The van der Waals surface area contributed by atoms with Crippen molar-refractivity contribution in [2.24, 2.45) is 18.0 Å². The third-order valence-corrected chi connectivity index (χ3v) is 5.28. The number of aryl methyl sites for hydroxylation is 1. The highest BCUT2D eigenvalue weighted by Crippen LogP contribution is 2.26. The molecular weight excluding hydrogens is 342 g/mol. The predicted molar refractivity (Wildman–Crippen MR) is 105 cm³/mol. The molecule has 3 rings (SSSR count). The number of amides is 1. The van der Waals surface area contributed by atoms with Crippen molar-refractivity contribution in [3.63, 3.8) is 0 Å². The Balaban J connectivity index is 1.58. The highest BCUT2D eigenvalue weighted by Gasteiger charge is 2.31. The van der Waals surface area contributed by atoms with Gasteiger partial charge < -0.3 is 20.5 Å². The monoisotopic (exact) mass is 373 g/mol. The van der Waals surface area contributed by atoms with Gasteiger partial charge in [0.15, 0.2) is 11.8 Å². The first-order chi connectivity index (χ1) is 13.1. The molecule has 148 valence electrons. The molecule has 8 heteroatoms. The van der Waals surface area contributed by atoms with Gasteiger partial charge in [-0.1, -0.05) is 12.5 Å². The standard InChI is InChI=1S/C19H31N7O/c1-4-10-20-19(21-12-17-25-24-13(2)26(17)3)23-16-7-5-6-14(11-16)18(27)22-15-8-9-15/h4,14-16H,1,5-12H2,2-3H3,(H,22,27)(H2,20,21,23). The minimum Gasteiger partial charge on any atom is -0.354 e. The molecule has 0 aromatic carbocycles. The van der Waals surface area contributed by atoms with Gasteiger partial charge in [0.1, 0.15) is 12.4 Å². The average Bonchev–Trinajstić information content (AvgIpc) is 3.43. The van der Waals surface area contributed by atoms with Crippen LogP contribution in [0.15, 0.2) is 17.6 Å². The van der Waals surface area contributed by atoms with Gasteiger partial charge in [0.05, 0.1) is 0 Å². The summed E-state index contributed by atoms with van der Waals surface area (Å²) in [6.45, 7) is 6.75. The van der Waals surface area contributed by atoms with E-state index in [9.17, 15) is 4.79 Å². The lowest BCUT2D eigenvalue weighted by Gasteiger charge is -2.30. The number of aromatic nitrogens is 3. The van der Waals surface area contributed by atoms with Crippen molar-refractivity contribution in [1.82, 2.24) is 30.7 Å². The Kier molecular flexibility index (Phi) is 6.47. The summed E-state index contributed by atoms with van der Waals surface area (Å²) in [5, 5.41) is 18.1. The van der Waals surface area contributed by atoms with Crippen molar-refractivity contribution in [3.05, 3.63) is 24.3 Å². The first kappa shape index (κ1) is 19.4. The third kappa shape index (κ3) is 5.55. The van der Waals surface area contributed by atoms with E-state index in [1.165, 1.54) is 0 Å². The van der Waals surface area contributed by atoms with Crippen LogP contribution in [-0.4, -0.2) is 45.3 Å². The minimum absolute atomic E-state index is 0.0962. The fourth-order valence-corrected chi connectivity index (χ4v) is 3.36. The zero-order chi connectivity index (χ0) is 19.2. The molecule has 0 bridgehead atoms. The lowest BCUT2D eigenvalue weighted by molar-refractivity contribution is -0.126. The van der Waals surface area contributed by atoms with E-state index in [0.29, 0.717) is 19.1 Å². The second kappa shape index (κ2) is 9.01. The topological polar surface area (TPSA) is 96.2 Å². The fraction of sp³-hybridized carbons (Fsp3) is 0.684. The van der Waals surface area contributed by atoms with Gasteiger partial charge in [-0.05, 0) is 39.0 Å². The molecule has 2 atom stereocenters. The average molecular weight is 374 g/mol. The first-order valence-electron chi connectivity index (χ1n) is 9.87. The Labute approximate surface area is 160 Å². The predicted octanol–water partition coefficient (Wildman–Crippen LogP) is 1.18. The quantitative estimate of drug-likeness (QED) is 0.379. The molecule has 2 aliphatic rings. The molecule has 2 unspecified atom stereocenters. The minimum atomic E-state index is 0.0962. The van der Waals surface area contributed by atoms with Crippen molar-refractivity contribution >= 4 is 11.9 Å². The van der Waals surface area contributed by atoms with E-state index in [1.54, 1.807) is 6.08 Å². The van der Waals surface area contributed by atoms with Crippen LogP contribution in [0.25, 0.3) is 0 Å². The fourth-order valence-electron chi connectivity index (χ4n) is 3.36. The van der Waals surface area contributed by atoms with E-state index in [4.69, 9.17) is 0 Å². The number of hydrogen-bond donors (Lipinski definition) is 3. The zero-order valence-electron chi connectivity index (χ0n) is 16.4.